The first-order valence-electron chi connectivity index (χ1n) is 11.0. The highest BCUT2D eigenvalue weighted by Gasteiger charge is 2.45. The molecule has 0 radical (unpaired) electrons. The molecule has 1 aliphatic heterocycles. The molecule has 2 atom stereocenters. The molecular weight excluding hydrogens is 448 g/mol. The van der Waals surface area contributed by atoms with Crippen LogP contribution in [0.2, 0.25) is 5.02 Å². The smallest absolute Gasteiger partial charge is 0.410 e. The Hall–Kier alpha value is -2.48. The van der Waals surface area contributed by atoms with Crippen LogP contribution in [-0.2, 0) is 25.4 Å². The third-order valence-electron chi connectivity index (χ3n) is 4.81. The second-order valence-electron chi connectivity index (χ2n) is 10.4. The maximum Gasteiger partial charge on any atom is 0.410 e. The van der Waals surface area contributed by atoms with E-state index < -0.39 is 41.0 Å². The second kappa shape index (κ2) is 10.2. The molecule has 1 heterocycles. The summed E-state index contributed by atoms with van der Waals surface area (Å²) in [6.07, 6.45) is -0.356. The molecule has 0 bridgehead atoms. The van der Waals surface area contributed by atoms with Crippen LogP contribution in [0.3, 0.4) is 0 Å². The summed E-state index contributed by atoms with van der Waals surface area (Å²) in [5.41, 5.74) is -1.39. The Morgan fingerprint density at radius 2 is 1.64 bits per heavy atom. The number of esters is 1. The van der Waals surface area contributed by atoms with Gasteiger partial charge in [-0.2, -0.15) is 0 Å². The molecule has 1 aromatic carbocycles. The molecule has 1 unspecified atom stereocenters. The highest BCUT2D eigenvalue weighted by Crippen LogP contribution is 2.31. The van der Waals surface area contributed by atoms with Crippen molar-refractivity contribution in [2.75, 3.05) is 13.1 Å². The lowest BCUT2D eigenvalue weighted by atomic mass is 9.93. The number of hydrogen-bond acceptors (Lipinski definition) is 6. The van der Waals surface area contributed by atoms with Crippen molar-refractivity contribution in [1.29, 1.82) is 0 Å². The Balaban J connectivity index is 2.16. The summed E-state index contributed by atoms with van der Waals surface area (Å²) in [6, 6.07) is 6.31. The highest BCUT2D eigenvalue weighted by molar-refractivity contribution is 6.30. The summed E-state index contributed by atoms with van der Waals surface area (Å²) in [5.74, 6) is -0.610. The van der Waals surface area contributed by atoms with Gasteiger partial charge in [0.2, 0.25) is 0 Å². The molecule has 184 valence electrons. The quantitative estimate of drug-likeness (QED) is 0.482. The number of nitrogens with zero attached hydrogens (tertiary/aromatic N) is 1. The lowest BCUT2D eigenvalue weighted by Crippen LogP contribution is -2.48. The monoisotopic (exact) mass is 482 g/mol. The number of benzene rings is 1. The topological polar surface area (TPSA) is 94.2 Å². The van der Waals surface area contributed by atoms with Gasteiger partial charge in [0, 0.05) is 24.4 Å². The zero-order valence-corrected chi connectivity index (χ0v) is 21.2. The van der Waals surface area contributed by atoms with E-state index in [1.54, 1.807) is 58.6 Å². The van der Waals surface area contributed by atoms with E-state index >= 15 is 0 Å². The average molecular weight is 483 g/mol. The van der Waals surface area contributed by atoms with Crippen LogP contribution in [0.4, 0.5) is 9.59 Å². The number of ether oxygens (including phenoxy) is 3. The number of alkyl carbamates (subject to hydrolysis) is 1. The molecule has 1 fully saturated rings. The molecular formula is C24H35ClN2O6. The summed E-state index contributed by atoms with van der Waals surface area (Å²) in [5, 5.41) is 3.10. The fourth-order valence-electron chi connectivity index (χ4n) is 3.41. The zero-order chi connectivity index (χ0) is 25.0. The van der Waals surface area contributed by atoms with Crippen LogP contribution in [0.25, 0.3) is 0 Å². The van der Waals surface area contributed by atoms with Gasteiger partial charge in [0.25, 0.3) is 0 Å². The summed E-state index contributed by atoms with van der Waals surface area (Å²) in [4.78, 5) is 39.1. The van der Waals surface area contributed by atoms with E-state index in [1.165, 1.54) is 6.92 Å². The molecule has 33 heavy (non-hydrogen) atoms. The zero-order valence-electron chi connectivity index (χ0n) is 20.5. The van der Waals surface area contributed by atoms with Crippen LogP contribution in [0.5, 0.6) is 0 Å². The first kappa shape index (κ1) is 26.8. The molecule has 1 aromatic rings. The largest absolute Gasteiger partial charge is 0.455 e. The van der Waals surface area contributed by atoms with Gasteiger partial charge in [0.1, 0.15) is 22.8 Å². The number of rotatable bonds is 5. The van der Waals surface area contributed by atoms with Gasteiger partial charge in [-0.05, 0) is 66.2 Å². The normalized spacial score (nSPS) is 19.6. The highest BCUT2D eigenvalue weighted by atomic mass is 35.5. The van der Waals surface area contributed by atoms with Crippen molar-refractivity contribution in [2.24, 2.45) is 0 Å². The molecule has 1 saturated heterocycles. The molecule has 2 amide bonds. The van der Waals surface area contributed by atoms with E-state index in [9.17, 15) is 14.4 Å². The van der Waals surface area contributed by atoms with Crippen molar-refractivity contribution in [3.8, 4) is 0 Å². The molecule has 0 spiro atoms. The predicted octanol–water partition coefficient (Wildman–Crippen LogP) is 4.72. The fourth-order valence-corrected chi connectivity index (χ4v) is 3.54. The van der Waals surface area contributed by atoms with Gasteiger partial charge < -0.3 is 24.4 Å². The van der Waals surface area contributed by atoms with Crippen LogP contribution >= 0.6 is 11.6 Å². The molecule has 0 aromatic heterocycles. The van der Waals surface area contributed by atoms with Gasteiger partial charge in [-0.25, -0.2) is 14.4 Å². The number of likely N-dealkylation sites (tertiary alicyclic amines) is 1. The van der Waals surface area contributed by atoms with Gasteiger partial charge in [-0.1, -0.05) is 23.7 Å². The summed E-state index contributed by atoms with van der Waals surface area (Å²) < 4.78 is 16.6. The molecule has 0 saturated carbocycles. The molecule has 1 N–H and O–H groups in total. The van der Waals surface area contributed by atoms with E-state index in [1.807, 2.05) is 12.1 Å². The average Bonchev–Trinajstić information content (AvgIpc) is 3.04. The third-order valence-corrected chi connectivity index (χ3v) is 5.06. The standard InChI is InChI=1S/C24H35ClN2O6/c1-16(26-20(29)32-22(2,3)4)19(28)31-24(14-17-8-10-18(25)11-9-17)12-13-27(15-24)21(30)33-23(5,6)7/h8-11,16H,12-15H2,1-7H3,(H,26,29)/t16-,24?/m0/s1. The number of carbonyl (C=O) groups is 3. The number of nitrogens with one attached hydrogen (secondary N) is 1. The van der Waals surface area contributed by atoms with Gasteiger partial charge >= 0.3 is 18.2 Å². The van der Waals surface area contributed by atoms with E-state index in [-0.39, 0.29) is 6.54 Å². The van der Waals surface area contributed by atoms with Crippen LogP contribution in [0.1, 0.15) is 60.5 Å². The van der Waals surface area contributed by atoms with E-state index in [0.717, 1.165) is 5.56 Å². The minimum Gasteiger partial charge on any atom is -0.455 e. The number of hydrogen-bond donors (Lipinski definition) is 1. The van der Waals surface area contributed by atoms with Crippen LogP contribution in [-0.4, -0.2) is 59.0 Å². The SMILES string of the molecule is C[C@H](NC(=O)OC(C)(C)C)C(=O)OC1(Cc2ccc(Cl)cc2)CCN(C(=O)OC(C)(C)C)C1. The molecule has 0 aliphatic carbocycles. The van der Waals surface area contributed by atoms with E-state index in [0.29, 0.717) is 24.4 Å². The van der Waals surface area contributed by atoms with E-state index in [4.69, 9.17) is 25.8 Å². The minimum absolute atomic E-state index is 0.176. The van der Waals surface area contributed by atoms with Gasteiger partial charge in [0.15, 0.2) is 0 Å². The minimum atomic E-state index is -0.967. The van der Waals surface area contributed by atoms with E-state index in [2.05, 4.69) is 5.32 Å². The Morgan fingerprint density at radius 3 is 2.18 bits per heavy atom. The summed E-state index contributed by atoms with van der Waals surface area (Å²) in [6.45, 7) is 12.7. The van der Waals surface area contributed by atoms with Gasteiger partial charge in [-0.15, -0.1) is 0 Å². The predicted molar refractivity (Wildman–Crippen MR) is 125 cm³/mol. The Labute approximate surface area is 200 Å². The Kier molecular flexibility index (Phi) is 8.27. The van der Waals surface area contributed by atoms with Crippen LogP contribution in [0, 0.1) is 0 Å². The van der Waals surface area contributed by atoms with Crippen LogP contribution < -0.4 is 5.32 Å². The van der Waals surface area contributed by atoms with Crippen molar-refractivity contribution >= 4 is 29.8 Å². The lowest BCUT2D eigenvalue weighted by Gasteiger charge is -2.31. The first-order chi connectivity index (χ1) is 15.1. The maximum absolute atomic E-state index is 12.9. The van der Waals surface area contributed by atoms with Crippen molar-refractivity contribution in [1.82, 2.24) is 10.2 Å². The fraction of sp³-hybridized carbons (Fsp3) is 0.625. The maximum atomic E-state index is 12.9. The van der Waals surface area contributed by atoms with Crippen LogP contribution in [0.15, 0.2) is 24.3 Å². The van der Waals surface area contributed by atoms with Crippen molar-refractivity contribution < 1.29 is 28.6 Å². The Morgan fingerprint density at radius 1 is 1.06 bits per heavy atom. The number of carbonyl (C=O) groups excluding carboxylic acids is 3. The summed E-state index contributed by atoms with van der Waals surface area (Å²) in [7, 11) is 0. The third kappa shape index (κ3) is 8.76. The lowest BCUT2D eigenvalue weighted by molar-refractivity contribution is -0.160. The van der Waals surface area contributed by atoms with Crippen molar-refractivity contribution in [3.05, 3.63) is 34.9 Å². The molecule has 8 nitrogen and oxygen atoms in total. The summed E-state index contributed by atoms with van der Waals surface area (Å²) >= 11 is 6.00. The molecule has 1 aliphatic rings. The molecule has 2 rings (SSSR count). The van der Waals surface area contributed by atoms with Crippen molar-refractivity contribution in [3.63, 3.8) is 0 Å². The van der Waals surface area contributed by atoms with Gasteiger partial charge in [-0.3, -0.25) is 0 Å². The van der Waals surface area contributed by atoms with Gasteiger partial charge in [0.05, 0.1) is 6.54 Å². The first-order valence-corrected chi connectivity index (χ1v) is 11.4. The molecule has 9 heteroatoms. The number of amides is 2. The number of halogens is 1. The van der Waals surface area contributed by atoms with Crippen molar-refractivity contribution in [2.45, 2.75) is 84.2 Å². The second-order valence-corrected chi connectivity index (χ2v) is 10.9. The Bertz CT molecular complexity index is 859.